The largest absolute Gasteiger partial charge is 0.389 e. The van der Waals surface area contributed by atoms with Crippen LogP contribution in [-0.2, 0) is 6.54 Å². The molecular weight excluding hydrogens is 446 g/mol. The minimum Gasteiger partial charge on any atom is -0.389 e. The van der Waals surface area contributed by atoms with Crippen molar-refractivity contribution in [1.29, 1.82) is 0 Å². The third-order valence-corrected chi connectivity index (χ3v) is 5.52. The lowest BCUT2D eigenvalue weighted by atomic mass is 10.1. The molecule has 5 rings (SSSR count). The number of hydrogen-bond donors (Lipinski definition) is 2. The molecule has 0 unspecified atom stereocenters. The number of nitrogens with one attached hydrogen (secondary N) is 1. The van der Waals surface area contributed by atoms with Gasteiger partial charge in [-0.2, -0.15) is 15.2 Å². The van der Waals surface area contributed by atoms with Crippen molar-refractivity contribution in [2.45, 2.75) is 39.8 Å². The van der Waals surface area contributed by atoms with Gasteiger partial charge in [-0.25, -0.2) is 4.52 Å². The van der Waals surface area contributed by atoms with Crippen LogP contribution in [0.3, 0.4) is 0 Å². The highest BCUT2D eigenvalue weighted by molar-refractivity contribution is 6.09. The van der Waals surface area contributed by atoms with Crippen LogP contribution in [0.4, 0.5) is 5.69 Å². The number of amides is 1. The van der Waals surface area contributed by atoms with Crippen LogP contribution in [0.1, 0.15) is 35.7 Å². The summed E-state index contributed by atoms with van der Waals surface area (Å²) in [4.78, 5) is 17.4. The number of aliphatic hydroxyl groups is 1. The molecule has 0 bridgehead atoms. The van der Waals surface area contributed by atoms with Crippen molar-refractivity contribution < 1.29 is 14.4 Å². The molecule has 1 aromatic carbocycles. The molecule has 0 aliphatic heterocycles. The van der Waals surface area contributed by atoms with E-state index in [2.05, 4.69) is 25.7 Å². The summed E-state index contributed by atoms with van der Waals surface area (Å²) >= 11 is 0. The highest BCUT2D eigenvalue weighted by Crippen LogP contribution is 2.25. The molecule has 178 valence electrons. The Hall–Kier alpha value is -4.31. The van der Waals surface area contributed by atoms with Crippen LogP contribution in [0.5, 0.6) is 0 Å². The fourth-order valence-electron chi connectivity index (χ4n) is 3.81. The highest BCUT2D eigenvalue weighted by Gasteiger charge is 2.17. The molecule has 1 amide bonds. The Kier molecular flexibility index (Phi) is 5.45. The number of benzene rings is 1. The van der Waals surface area contributed by atoms with Crippen molar-refractivity contribution in [2.75, 3.05) is 5.32 Å². The number of carbonyl (C=O) groups excluding carboxylic acids is 1. The lowest BCUT2D eigenvalue weighted by Crippen LogP contribution is -2.26. The van der Waals surface area contributed by atoms with Gasteiger partial charge < -0.3 is 14.9 Å². The molecule has 0 fully saturated rings. The summed E-state index contributed by atoms with van der Waals surface area (Å²) in [5, 5.41) is 25.9. The number of aromatic nitrogens is 6. The Morgan fingerprint density at radius 1 is 1.14 bits per heavy atom. The number of anilines is 1. The van der Waals surface area contributed by atoms with Gasteiger partial charge >= 0.3 is 0 Å². The van der Waals surface area contributed by atoms with E-state index in [0.29, 0.717) is 35.0 Å². The summed E-state index contributed by atoms with van der Waals surface area (Å²) in [6.07, 6.45) is 5.20. The first kappa shape index (κ1) is 22.5. The first-order valence-corrected chi connectivity index (χ1v) is 11.1. The molecule has 4 heterocycles. The predicted molar refractivity (Wildman–Crippen MR) is 130 cm³/mol. The number of carbonyl (C=O) groups is 1. The predicted octanol–water partition coefficient (Wildman–Crippen LogP) is 3.89. The summed E-state index contributed by atoms with van der Waals surface area (Å²) in [6.45, 7) is 7.50. The minimum absolute atomic E-state index is 0.272. The molecule has 10 heteroatoms. The van der Waals surface area contributed by atoms with E-state index in [1.807, 2.05) is 55.7 Å². The second-order valence-corrected chi connectivity index (χ2v) is 9.14. The van der Waals surface area contributed by atoms with Gasteiger partial charge in [-0.3, -0.25) is 9.48 Å². The van der Waals surface area contributed by atoms with Gasteiger partial charge in [-0.1, -0.05) is 17.3 Å². The van der Waals surface area contributed by atoms with E-state index in [1.54, 1.807) is 36.2 Å². The van der Waals surface area contributed by atoms with Crippen molar-refractivity contribution in [3.05, 3.63) is 72.0 Å². The third kappa shape index (κ3) is 4.69. The van der Waals surface area contributed by atoms with Crippen molar-refractivity contribution in [2.24, 2.45) is 0 Å². The summed E-state index contributed by atoms with van der Waals surface area (Å²) in [5.74, 6) is 0.666. The van der Waals surface area contributed by atoms with E-state index in [9.17, 15) is 9.90 Å². The van der Waals surface area contributed by atoms with E-state index < -0.39 is 5.60 Å². The second kappa shape index (κ2) is 8.48. The van der Waals surface area contributed by atoms with Crippen molar-refractivity contribution >= 4 is 17.1 Å². The highest BCUT2D eigenvalue weighted by atomic mass is 16.5. The molecule has 0 aliphatic carbocycles. The van der Waals surface area contributed by atoms with E-state index in [4.69, 9.17) is 4.52 Å². The monoisotopic (exact) mass is 471 g/mol. The quantitative estimate of drug-likeness (QED) is 0.385. The lowest BCUT2D eigenvalue weighted by Gasteiger charge is -2.16. The topological polar surface area (TPSA) is 123 Å². The second-order valence-electron chi connectivity index (χ2n) is 9.14. The molecule has 0 saturated heterocycles. The van der Waals surface area contributed by atoms with Crippen LogP contribution in [0, 0.1) is 13.8 Å². The van der Waals surface area contributed by atoms with Crippen molar-refractivity contribution in [1.82, 2.24) is 29.5 Å². The van der Waals surface area contributed by atoms with Gasteiger partial charge in [0.25, 0.3) is 5.91 Å². The molecule has 0 spiro atoms. The number of pyridine rings is 1. The molecule has 2 N–H and O–H groups in total. The summed E-state index contributed by atoms with van der Waals surface area (Å²) < 4.78 is 8.42. The van der Waals surface area contributed by atoms with E-state index >= 15 is 0 Å². The van der Waals surface area contributed by atoms with Crippen LogP contribution in [0.2, 0.25) is 0 Å². The van der Waals surface area contributed by atoms with Gasteiger partial charge in [0.1, 0.15) is 0 Å². The van der Waals surface area contributed by atoms with Crippen LogP contribution in [0.15, 0.2) is 59.5 Å². The molecule has 0 aliphatic rings. The Labute approximate surface area is 201 Å². The minimum atomic E-state index is -0.861. The number of rotatable bonds is 6. The van der Waals surface area contributed by atoms with Gasteiger partial charge in [0, 0.05) is 36.1 Å². The first-order valence-electron chi connectivity index (χ1n) is 11.1. The molecule has 4 aromatic heterocycles. The smallest absolute Gasteiger partial charge is 0.259 e. The zero-order valence-electron chi connectivity index (χ0n) is 19.9. The average molecular weight is 472 g/mol. The lowest BCUT2D eigenvalue weighted by molar-refractivity contribution is 0.0578. The number of fused-ring (bicyclic) bond motifs is 1. The van der Waals surface area contributed by atoms with Gasteiger partial charge in [-0.15, -0.1) is 0 Å². The van der Waals surface area contributed by atoms with Crippen LogP contribution < -0.4 is 5.32 Å². The summed E-state index contributed by atoms with van der Waals surface area (Å²) in [5.41, 5.74) is 4.17. The maximum Gasteiger partial charge on any atom is 0.259 e. The fourth-order valence-corrected chi connectivity index (χ4v) is 3.81. The zero-order chi connectivity index (χ0) is 24.7. The normalized spacial score (nSPS) is 11.8. The van der Waals surface area contributed by atoms with Gasteiger partial charge in [0.15, 0.2) is 0 Å². The van der Waals surface area contributed by atoms with Crippen LogP contribution in [0.25, 0.3) is 28.2 Å². The number of nitrogens with zero attached hydrogens (tertiary/aromatic N) is 6. The SMILES string of the molecule is Cc1nc(-c2ccc(C)c(NC(=O)c3cnn4cc(-c5ccn(CC(C)(C)O)n5)ccc34)c2)no1. The van der Waals surface area contributed by atoms with Crippen molar-refractivity contribution in [3.8, 4) is 22.6 Å². The Balaban J connectivity index is 1.39. The van der Waals surface area contributed by atoms with E-state index in [-0.39, 0.29) is 5.91 Å². The van der Waals surface area contributed by atoms with Gasteiger partial charge in [0.05, 0.1) is 35.1 Å². The first-order chi connectivity index (χ1) is 16.7. The summed E-state index contributed by atoms with van der Waals surface area (Å²) in [6, 6.07) is 11.2. The molecule has 0 saturated carbocycles. The molecule has 10 nitrogen and oxygen atoms in total. The Bertz CT molecular complexity index is 1540. The Morgan fingerprint density at radius 3 is 2.69 bits per heavy atom. The average Bonchev–Trinajstić information content (AvgIpc) is 3.53. The van der Waals surface area contributed by atoms with Gasteiger partial charge in [0.2, 0.25) is 11.7 Å². The maximum absolute atomic E-state index is 13.1. The molecular formula is C25H25N7O3. The van der Waals surface area contributed by atoms with Crippen molar-refractivity contribution in [3.63, 3.8) is 0 Å². The van der Waals surface area contributed by atoms with E-state index in [1.165, 1.54) is 0 Å². The molecule has 0 atom stereocenters. The van der Waals surface area contributed by atoms with Gasteiger partial charge in [-0.05, 0) is 50.6 Å². The Morgan fingerprint density at radius 2 is 1.94 bits per heavy atom. The van der Waals surface area contributed by atoms with Crippen LogP contribution in [-0.4, -0.2) is 46.1 Å². The molecule has 35 heavy (non-hydrogen) atoms. The summed E-state index contributed by atoms with van der Waals surface area (Å²) in [7, 11) is 0. The number of hydrogen-bond acceptors (Lipinski definition) is 7. The third-order valence-electron chi connectivity index (χ3n) is 5.52. The zero-order valence-corrected chi connectivity index (χ0v) is 19.9. The fraction of sp³-hybridized carbons (Fsp3) is 0.240. The molecule has 5 aromatic rings. The maximum atomic E-state index is 13.1. The van der Waals surface area contributed by atoms with E-state index in [0.717, 1.165) is 22.4 Å². The van der Waals surface area contributed by atoms with Crippen LogP contribution >= 0.6 is 0 Å². The standard InChI is InChI=1S/C25H25N7O3/c1-15-5-6-17(23-27-16(2)35-30-23)11-21(15)28-24(33)19-12-26-32-13-18(7-8-22(19)32)20-9-10-31(29-20)14-25(3,4)34/h5-13,34H,14H2,1-4H3,(H,28,33). The number of aryl methyl sites for hydroxylation is 2. The molecule has 0 radical (unpaired) electrons.